The lowest BCUT2D eigenvalue weighted by Crippen LogP contribution is -2.27. The van der Waals surface area contributed by atoms with Crippen LogP contribution in [0.4, 0.5) is 0 Å². The van der Waals surface area contributed by atoms with Gasteiger partial charge < -0.3 is 9.32 Å². The lowest BCUT2D eigenvalue weighted by Gasteiger charge is -2.16. The molecule has 2 aromatic heterocycles. The molecule has 2 aromatic rings. The maximum atomic E-state index is 12.3. The van der Waals surface area contributed by atoms with Crippen LogP contribution in [0.2, 0.25) is 0 Å². The Kier molecular flexibility index (Phi) is 5.00. The number of carbonyl (C=O) groups is 1. The molecule has 124 valence electrons. The Balaban J connectivity index is 1.53. The number of hydrogen-bond donors (Lipinski definition) is 0. The second-order valence-corrected chi connectivity index (χ2v) is 6.84. The van der Waals surface area contributed by atoms with E-state index in [2.05, 4.69) is 15.5 Å². The summed E-state index contributed by atoms with van der Waals surface area (Å²) in [5, 5.41) is 12.6. The molecule has 1 fully saturated rings. The quantitative estimate of drug-likeness (QED) is 0.755. The largest absolute Gasteiger partial charge is 0.464 e. The van der Waals surface area contributed by atoms with Crippen LogP contribution in [0, 0.1) is 6.92 Å². The number of tetrazole rings is 1. The number of furan rings is 1. The molecular weight excluding hydrogens is 314 g/mol. The van der Waals surface area contributed by atoms with E-state index in [0.717, 1.165) is 29.5 Å². The number of aryl methyl sites for hydroxylation is 1. The zero-order chi connectivity index (χ0) is 16.2. The van der Waals surface area contributed by atoms with Crippen molar-refractivity contribution < 1.29 is 9.21 Å². The summed E-state index contributed by atoms with van der Waals surface area (Å²) in [5.41, 5.74) is 0. The van der Waals surface area contributed by atoms with Gasteiger partial charge in [0.1, 0.15) is 11.5 Å². The number of amides is 1. The van der Waals surface area contributed by atoms with Crippen molar-refractivity contribution in [2.45, 2.75) is 50.4 Å². The van der Waals surface area contributed by atoms with Crippen LogP contribution in [0.3, 0.4) is 0 Å². The Morgan fingerprint density at radius 3 is 2.91 bits per heavy atom. The second kappa shape index (κ2) is 7.16. The van der Waals surface area contributed by atoms with Crippen LogP contribution in [-0.4, -0.2) is 43.8 Å². The highest BCUT2D eigenvalue weighted by Crippen LogP contribution is 2.31. The van der Waals surface area contributed by atoms with E-state index in [4.69, 9.17) is 4.42 Å². The summed E-state index contributed by atoms with van der Waals surface area (Å²) in [6.07, 6.45) is 4.67. The summed E-state index contributed by atoms with van der Waals surface area (Å²) < 4.78 is 7.38. The van der Waals surface area contributed by atoms with E-state index in [1.807, 2.05) is 23.7 Å². The lowest BCUT2D eigenvalue weighted by atomic mass is 10.3. The molecule has 0 aliphatic heterocycles. The summed E-state index contributed by atoms with van der Waals surface area (Å²) in [6, 6.07) is 4.18. The van der Waals surface area contributed by atoms with Gasteiger partial charge in [-0.25, -0.2) is 4.68 Å². The predicted octanol–water partition coefficient (Wildman–Crippen LogP) is 2.44. The van der Waals surface area contributed by atoms with Gasteiger partial charge in [0.25, 0.3) is 0 Å². The molecule has 0 unspecified atom stereocenters. The molecule has 1 aliphatic carbocycles. The third-order valence-electron chi connectivity index (χ3n) is 4.07. The van der Waals surface area contributed by atoms with E-state index in [1.54, 1.807) is 11.9 Å². The minimum absolute atomic E-state index is 0.0324. The van der Waals surface area contributed by atoms with Crippen molar-refractivity contribution in [3.05, 3.63) is 23.7 Å². The minimum atomic E-state index is 0.0324. The van der Waals surface area contributed by atoms with Crippen molar-refractivity contribution in [2.75, 3.05) is 12.8 Å². The van der Waals surface area contributed by atoms with E-state index in [-0.39, 0.29) is 5.91 Å². The van der Waals surface area contributed by atoms with Gasteiger partial charge >= 0.3 is 0 Å². The highest BCUT2D eigenvalue weighted by Gasteiger charge is 2.22. The Labute approximate surface area is 139 Å². The fraction of sp³-hybridized carbons (Fsp3) is 0.600. The molecule has 0 bridgehead atoms. The van der Waals surface area contributed by atoms with Gasteiger partial charge in [0.05, 0.1) is 18.3 Å². The molecule has 0 atom stereocenters. The third kappa shape index (κ3) is 3.93. The average Bonchev–Trinajstić information content (AvgIpc) is 3.25. The van der Waals surface area contributed by atoms with Crippen molar-refractivity contribution >= 4 is 17.7 Å². The average molecular weight is 335 g/mol. The van der Waals surface area contributed by atoms with Crippen molar-refractivity contribution in [1.82, 2.24) is 25.1 Å². The first-order valence-electron chi connectivity index (χ1n) is 7.83. The molecule has 0 saturated heterocycles. The molecule has 1 aliphatic rings. The monoisotopic (exact) mass is 335 g/mol. The third-order valence-corrected chi connectivity index (χ3v) is 4.99. The Morgan fingerprint density at radius 1 is 1.43 bits per heavy atom. The fourth-order valence-corrected chi connectivity index (χ4v) is 3.67. The van der Waals surface area contributed by atoms with Crippen LogP contribution in [0.15, 0.2) is 21.7 Å². The first-order chi connectivity index (χ1) is 11.1. The van der Waals surface area contributed by atoms with Gasteiger partial charge in [-0.15, -0.1) is 5.10 Å². The SMILES string of the molecule is Cc1ccc(CN(C)C(=O)CSc2nnnn2C2CCCC2)o1. The lowest BCUT2D eigenvalue weighted by molar-refractivity contribution is -0.127. The van der Waals surface area contributed by atoms with Crippen LogP contribution in [0.5, 0.6) is 0 Å². The van der Waals surface area contributed by atoms with Gasteiger partial charge in [-0.2, -0.15) is 0 Å². The minimum Gasteiger partial charge on any atom is -0.464 e. The van der Waals surface area contributed by atoms with Crippen LogP contribution in [0.25, 0.3) is 0 Å². The zero-order valence-electron chi connectivity index (χ0n) is 13.4. The molecule has 1 amide bonds. The molecule has 0 N–H and O–H groups in total. The first kappa shape index (κ1) is 16.0. The van der Waals surface area contributed by atoms with Crippen LogP contribution >= 0.6 is 11.8 Å². The van der Waals surface area contributed by atoms with Crippen LogP contribution < -0.4 is 0 Å². The van der Waals surface area contributed by atoms with Crippen molar-refractivity contribution in [3.63, 3.8) is 0 Å². The highest BCUT2D eigenvalue weighted by atomic mass is 32.2. The molecule has 1 saturated carbocycles. The molecule has 8 heteroatoms. The standard InChI is InChI=1S/C15H21N5O2S/c1-11-7-8-13(22-11)9-19(2)14(21)10-23-15-16-17-18-20(15)12-5-3-4-6-12/h7-8,12H,3-6,9-10H2,1-2H3. The van der Waals surface area contributed by atoms with E-state index >= 15 is 0 Å². The van der Waals surface area contributed by atoms with Gasteiger partial charge in [0, 0.05) is 7.05 Å². The molecule has 0 radical (unpaired) electrons. The van der Waals surface area contributed by atoms with Gasteiger partial charge in [-0.05, 0) is 42.3 Å². The maximum absolute atomic E-state index is 12.3. The molecule has 7 nitrogen and oxygen atoms in total. The summed E-state index contributed by atoms with van der Waals surface area (Å²) in [5.74, 6) is 2.00. The number of thioether (sulfide) groups is 1. The Bertz CT molecular complexity index is 662. The van der Waals surface area contributed by atoms with E-state index in [0.29, 0.717) is 18.3 Å². The maximum Gasteiger partial charge on any atom is 0.233 e. The van der Waals surface area contributed by atoms with Gasteiger partial charge in [0.2, 0.25) is 11.1 Å². The van der Waals surface area contributed by atoms with E-state index < -0.39 is 0 Å². The van der Waals surface area contributed by atoms with Gasteiger partial charge in [-0.3, -0.25) is 4.79 Å². The number of rotatable bonds is 6. The summed E-state index contributed by atoms with van der Waals surface area (Å²) in [7, 11) is 1.78. The number of aromatic nitrogens is 4. The van der Waals surface area contributed by atoms with Crippen molar-refractivity contribution in [2.24, 2.45) is 0 Å². The van der Waals surface area contributed by atoms with Crippen molar-refractivity contribution in [1.29, 1.82) is 0 Å². The van der Waals surface area contributed by atoms with Gasteiger partial charge in [0.15, 0.2) is 0 Å². The molecule has 3 rings (SSSR count). The molecule has 0 aromatic carbocycles. The first-order valence-corrected chi connectivity index (χ1v) is 8.82. The molecule has 0 spiro atoms. The van der Waals surface area contributed by atoms with Gasteiger partial charge in [-0.1, -0.05) is 24.6 Å². The highest BCUT2D eigenvalue weighted by molar-refractivity contribution is 7.99. The molecule has 23 heavy (non-hydrogen) atoms. The summed E-state index contributed by atoms with van der Waals surface area (Å²) >= 11 is 1.40. The summed E-state index contributed by atoms with van der Waals surface area (Å²) in [4.78, 5) is 13.9. The Morgan fingerprint density at radius 2 is 2.22 bits per heavy atom. The molecule has 2 heterocycles. The van der Waals surface area contributed by atoms with E-state index in [9.17, 15) is 4.79 Å². The van der Waals surface area contributed by atoms with Crippen molar-refractivity contribution in [3.8, 4) is 0 Å². The molecular formula is C15H21N5O2S. The topological polar surface area (TPSA) is 77.1 Å². The number of nitrogens with zero attached hydrogens (tertiary/aromatic N) is 5. The smallest absolute Gasteiger partial charge is 0.233 e. The summed E-state index contributed by atoms with van der Waals surface area (Å²) in [6.45, 7) is 2.37. The van der Waals surface area contributed by atoms with Crippen LogP contribution in [0.1, 0.15) is 43.2 Å². The van der Waals surface area contributed by atoms with E-state index in [1.165, 1.54) is 24.6 Å². The van der Waals surface area contributed by atoms with Crippen LogP contribution in [-0.2, 0) is 11.3 Å². The normalized spacial score (nSPS) is 15.2. The predicted molar refractivity (Wildman–Crippen MR) is 86.0 cm³/mol. The fourth-order valence-electron chi connectivity index (χ4n) is 2.79. The number of hydrogen-bond acceptors (Lipinski definition) is 6. The number of carbonyl (C=O) groups excluding carboxylic acids is 1. The second-order valence-electron chi connectivity index (χ2n) is 5.90. The zero-order valence-corrected chi connectivity index (χ0v) is 14.3. The Hall–Kier alpha value is -1.83.